The van der Waals surface area contributed by atoms with Crippen LogP contribution in [-0.4, -0.2) is 17.6 Å². The molecule has 102 valence electrons. The van der Waals surface area contributed by atoms with Gasteiger partial charge in [0.25, 0.3) is 0 Å². The van der Waals surface area contributed by atoms with Gasteiger partial charge in [0, 0.05) is 29.9 Å². The summed E-state index contributed by atoms with van der Waals surface area (Å²) in [6, 6.07) is 3.96. The molecule has 3 heteroatoms. The van der Waals surface area contributed by atoms with E-state index in [1.807, 2.05) is 19.1 Å². The molecule has 0 amide bonds. The van der Waals surface area contributed by atoms with Gasteiger partial charge in [0.15, 0.2) is 0 Å². The first-order valence-corrected chi connectivity index (χ1v) is 6.85. The van der Waals surface area contributed by atoms with E-state index in [4.69, 9.17) is 4.74 Å². The molecule has 0 unspecified atom stereocenters. The fraction of sp³-hybridized carbons (Fsp3) is 0.667. The van der Waals surface area contributed by atoms with Crippen molar-refractivity contribution in [2.24, 2.45) is 0 Å². The van der Waals surface area contributed by atoms with Crippen LogP contribution < -0.4 is 10.1 Å². The van der Waals surface area contributed by atoms with Crippen LogP contribution in [0.2, 0.25) is 0 Å². The zero-order valence-corrected chi connectivity index (χ0v) is 12.3. The van der Waals surface area contributed by atoms with Gasteiger partial charge < -0.3 is 10.1 Å². The maximum Gasteiger partial charge on any atom is 0.122 e. The number of aryl methyl sites for hydroxylation is 1. The quantitative estimate of drug-likeness (QED) is 0.804. The molecule has 3 nitrogen and oxygen atoms in total. The maximum absolute atomic E-state index is 5.28. The molecule has 0 aliphatic heterocycles. The van der Waals surface area contributed by atoms with Crippen molar-refractivity contribution in [1.82, 2.24) is 10.3 Å². The monoisotopic (exact) mass is 250 g/mol. The average Bonchev–Trinajstić information content (AvgIpc) is 2.40. The second-order valence-corrected chi connectivity index (χ2v) is 4.83. The lowest BCUT2D eigenvalue weighted by Crippen LogP contribution is -2.43. The molecule has 0 saturated carbocycles. The summed E-state index contributed by atoms with van der Waals surface area (Å²) < 4.78 is 5.28. The predicted octanol–water partition coefficient (Wildman–Crippen LogP) is 3.46. The van der Waals surface area contributed by atoms with Crippen LogP contribution in [0.3, 0.4) is 0 Å². The summed E-state index contributed by atoms with van der Waals surface area (Å²) in [6.07, 6.45) is 3.43. The Balaban J connectivity index is 2.76. The van der Waals surface area contributed by atoms with Gasteiger partial charge >= 0.3 is 0 Å². The highest BCUT2D eigenvalue weighted by atomic mass is 16.5. The Morgan fingerprint density at radius 2 is 1.78 bits per heavy atom. The first kappa shape index (κ1) is 15.0. The van der Waals surface area contributed by atoms with Gasteiger partial charge in [0.2, 0.25) is 0 Å². The molecule has 0 radical (unpaired) electrons. The second-order valence-electron chi connectivity index (χ2n) is 4.83. The van der Waals surface area contributed by atoms with E-state index in [2.05, 4.69) is 31.1 Å². The number of nitrogens with zero attached hydrogens (tertiary/aromatic N) is 1. The van der Waals surface area contributed by atoms with E-state index in [1.54, 1.807) is 7.11 Å². The summed E-state index contributed by atoms with van der Waals surface area (Å²) in [6.45, 7) is 9.52. The van der Waals surface area contributed by atoms with Crippen molar-refractivity contribution >= 4 is 0 Å². The molecule has 0 aromatic carbocycles. The van der Waals surface area contributed by atoms with Gasteiger partial charge in [-0.15, -0.1) is 0 Å². The SMILES string of the molecule is CCC(CC)(CC)NCc1cc(OC)cc(C)n1. The van der Waals surface area contributed by atoms with Gasteiger partial charge in [-0.25, -0.2) is 0 Å². The molecule has 1 rings (SSSR count). The van der Waals surface area contributed by atoms with Crippen molar-refractivity contribution in [3.8, 4) is 5.75 Å². The summed E-state index contributed by atoms with van der Waals surface area (Å²) in [5.74, 6) is 0.884. The smallest absolute Gasteiger partial charge is 0.122 e. The highest BCUT2D eigenvalue weighted by Gasteiger charge is 2.22. The molecule has 0 aliphatic rings. The number of hydrogen-bond acceptors (Lipinski definition) is 3. The number of methoxy groups -OCH3 is 1. The minimum Gasteiger partial charge on any atom is -0.497 e. The Labute approximate surface area is 111 Å². The molecule has 0 spiro atoms. The molecule has 0 atom stereocenters. The highest BCUT2D eigenvalue weighted by Crippen LogP contribution is 2.20. The average molecular weight is 250 g/mol. The third kappa shape index (κ3) is 3.70. The molecule has 1 aromatic heterocycles. The third-order valence-electron chi connectivity index (χ3n) is 3.89. The number of aromatic nitrogens is 1. The fourth-order valence-corrected chi connectivity index (χ4v) is 2.31. The first-order chi connectivity index (χ1) is 8.59. The van der Waals surface area contributed by atoms with Crippen molar-refractivity contribution in [2.75, 3.05) is 7.11 Å². The van der Waals surface area contributed by atoms with Gasteiger partial charge in [0.1, 0.15) is 5.75 Å². The normalized spacial score (nSPS) is 11.6. The molecular formula is C15H26N2O. The molecule has 1 aromatic rings. The van der Waals surface area contributed by atoms with E-state index in [-0.39, 0.29) is 5.54 Å². The van der Waals surface area contributed by atoms with Gasteiger partial charge in [0.05, 0.1) is 12.8 Å². The van der Waals surface area contributed by atoms with E-state index >= 15 is 0 Å². The van der Waals surface area contributed by atoms with Crippen molar-refractivity contribution in [3.63, 3.8) is 0 Å². The topological polar surface area (TPSA) is 34.1 Å². The Morgan fingerprint density at radius 1 is 1.17 bits per heavy atom. The Kier molecular flexibility index (Phi) is 5.60. The fourth-order valence-electron chi connectivity index (χ4n) is 2.31. The number of ether oxygens (including phenoxy) is 1. The van der Waals surface area contributed by atoms with E-state index in [9.17, 15) is 0 Å². The first-order valence-electron chi connectivity index (χ1n) is 6.85. The van der Waals surface area contributed by atoms with E-state index < -0.39 is 0 Å². The van der Waals surface area contributed by atoms with Crippen LogP contribution in [0.25, 0.3) is 0 Å². The van der Waals surface area contributed by atoms with Gasteiger partial charge in [-0.05, 0) is 26.2 Å². The Bertz CT molecular complexity index is 364. The van der Waals surface area contributed by atoms with Crippen molar-refractivity contribution in [3.05, 3.63) is 23.5 Å². The molecular weight excluding hydrogens is 224 g/mol. The Hall–Kier alpha value is -1.09. The minimum absolute atomic E-state index is 0.235. The highest BCUT2D eigenvalue weighted by molar-refractivity contribution is 5.26. The number of nitrogens with one attached hydrogen (secondary N) is 1. The zero-order chi connectivity index (χ0) is 13.6. The summed E-state index contributed by atoms with van der Waals surface area (Å²) in [5, 5.41) is 3.66. The molecule has 0 saturated heterocycles. The number of pyridine rings is 1. The molecule has 0 aliphatic carbocycles. The van der Waals surface area contributed by atoms with Crippen LogP contribution in [0, 0.1) is 6.92 Å². The van der Waals surface area contributed by atoms with Crippen LogP contribution in [0.5, 0.6) is 5.75 Å². The summed E-state index contributed by atoms with van der Waals surface area (Å²) in [4.78, 5) is 4.55. The maximum atomic E-state index is 5.28. The predicted molar refractivity (Wildman–Crippen MR) is 76.0 cm³/mol. The van der Waals surface area contributed by atoms with Crippen LogP contribution in [0.15, 0.2) is 12.1 Å². The second kappa shape index (κ2) is 6.74. The van der Waals surface area contributed by atoms with Crippen LogP contribution in [0.1, 0.15) is 51.4 Å². The molecule has 0 bridgehead atoms. The lowest BCUT2D eigenvalue weighted by molar-refractivity contribution is 0.286. The summed E-state index contributed by atoms with van der Waals surface area (Å²) in [5.41, 5.74) is 2.28. The molecule has 18 heavy (non-hydrogen) atoms. The van der Waals surface area contributed by atoms with Crippen LogP contribution in [0.4, 0.5) is 0 Å². The van der Waals surface area contributed by atoms with Crippen LogP contribution in [-0.2, 0) is 6.54 Å². The van der Waals surface area contributed by atoms with Gasteiger partial charge in [-0.3, -0.25) is 4.98 Å². The molecule has 1 heterocycles. The van der Waals surface area contributed by atoms with Gasteiger partial charge in [-0.2, -0.15) is 0 Å². The number of rotatable bonds is 7. The number of hydrogen-bond donors (Lipinski definition) is 1. The Morgan fingerprint density at radius 3 is 2.28 bits per heavy atom. The zero-order valence-electron chi connectivity index (χ0n) is 12.3. The molecule has 0 fully saturated rings. The minimum atomic E-state index is 0.235. The van der Waals surface area contributed by atoms with Crippen molar-refractivity contribution in [2.45, 2.75) is 59.0 Å². The van der Waals surface area contributed by atoms with E-state index in [0.717, 1.165) is 42.9 Å². The van der Waals surface area contributed by atoms with Crippen molar-refractivity contribution in [1.29, 1.82) is 0 Å². The lowest BCUT2D eigenvalue weighted by Gasteiger charge is -2.32. The lowest BCUT2D eigenvalue weighted by atomic mass is 9.90. The summed E-state index contributed by atoms with van der Waals surface area (Å²) >= 11 is 0. The van der Waals surface area contributed by atoms with Crippen LogP contribution >= 0.6 is 0 Å². The van der Waals surface area contributed by atoms with E-state index in [1.165, 1.54) is 0 Å². The summed E-state index contributed by atoms with van der Waals surface area (Å²) in [7, 11) is 1.69. The van der Waals surface area contributed by atoms with E-state index in [0.29, 0.717) is 0 Å². The van der Waals surface area contributed by atoms with Gasteiger partial charge in [-0.1, -0.05) is 20.8 Å². The third-order valence-corrected chi connectivity index (χ3v) is 3.89. The standard InChI is InChI=1S/C15H26N2O/c1-6-15(7-2,8-3)16-11-13-10-14(18-5)9-12(4)17-13/h9-10,16H,6-8,11H2,1-5H3. The van der Waals surface area contributed by atoms with Crippen molar-refractivity contribution < 1.29 is 4.74 Å². The largest absolute Gasteiger partial charge is 0.497 e. The molecule has 1 N–H and O–H groups in total.